The molecule has 0 bridgehead atoms. The highest BCUT2D eigenvalue weighted by Crippen LogP contribution is 2.32. The van der Waals surface area contributed by atoms with E-state index in [0.29, 0.717) is 6.04 Å². The molecule has 1 aromatic rings. The zero-order chi connectivity index (χ0) is 14.6. The molecule has 1 unspecified atom stereocenters. The Kier molecular flexibility index (Phi) is 4.60. The molecule has 1 fully saturated rings. The second kappa shape index (κ2) is 6.22. The number of nitrogens with one attached hydrogen (secondary N) is 1. The number of hydrogen-bond acceptors (Lipinski definition) is 4. The fourth-order valence-corrected chi connectivity index (χ4v) is 2.74. The highest BCUT2D eigenvalue weighted by Gasteiger charge is 2.34. The van der Waals surface area contributed by atoms with Crippen LogP contribution in [-0.2, 0) is 4.74 Å². The maximum atomic E-state index is 10.8. The van der Waals surface area contributed by atoms with Gasteiger partial charge in [-0.15, -0.1) is 0 Å². The van der Waals surface area contributed by atoms with Crippen LogP contribution in [0.1, 0.15) is 50.0 Å². The number of pyridine rings is 1. The molecule has 20 heavy (non-hydrogen) atoms. The predicted octanol–water partition coefficient (Wildman–Crippen LogP) is 2.93. The van der Waals surface area contributed by atoms with Gasteiger partial charge in [-0.25, -0.2) is 9.78 Å². The van der Waals surface area contributed by atoms with Crippen molar-refractivity contribution >= 4 is 11.7 Å². The van der Waals surface area contributed by atoms with Gasteiger partial charge in [0.05, 0.1) is 17.5 Å². The van der Waals surface area contributed by atoms with E-state index in [0.717, 1.165) is 38.0 Å². The molecular formula is C15H22N2O3. The van der Waals surface area contributed by atoms with Gasteiger partial charge in [0.15, 0.2) is 0 Å². The minimum atomic E-state index is -1.00. The van der Waals surface area contributed by atoms with Crippen LogP contribution in [0.5, 0.6) is 0 Å². The number of nitrogens with zero attached hydrogens (tertiary/aromatic N) is 1. The van der Waals surface area contributed by atoms with Crippen molar-refractivity contribution in [1.82, 2.24) is 4.98 Å². The molecule has 1 aromatic heterocycles. The van der Waals surface area contributed by atoms with E-state index in [1.165, 1.54) is 6.07 Å². The molecule has 0 radical (unpaired) electrons. The monoisotopic (exact) mass is 278 g/mol. The average Bonchev–Trinajstić information content (AvgIpc) is 2.48. The molecule has 0 spiro atoms. The van der Waals surface area contributed by atoms with Crippen LogP contribution in [0.4, 0.5) is 5.69 Å². The van der Waals surface area contributed by atoms with Crippen molar-refractivity contribution in [3.05, 3.63) is 24.0 Å². The van der Waals surface area contributed by atoms with Crippen molar-refractivity contribution in [2.45, 2.75) is 51.2 Å². The summed E-state index contributed by atoms with van der Waals surface area (Å²) < 4.78 is 5.95. The molecule has 2 heterocycles. The van der Waals surface area contributed by atoms with Gasteiger partial charge in [0.1, 0.15) is 5.69 Å². The maximum absolute atomic E-state index is 10.8. The zero-order valence-electron chi connectivity index (χ0n) is 12.1. The lowest BCUT2D eigenvalue weighted by Crippen LogP contribution is -2.43. The zero-order valence-corrected chi connectivity index (χ0v) is 12.1. The van der Waals surface area contributed by atoms with Crippen molar-refractivity contribution in [2.24, 2.45) is 0 Å². The van der Waals surface area contributed by atoms with Crippen molar-refractivity contribution in [3.63, 3.8) is 0 Å². The molecule has 1 saturated heterocycles. The van der Waals surface area contributed by atoms with Gasteiger partial charge in [-0.05, 0) is 37.8 Å². The van der Waals surface area contributed by atoms with Crippen molar-refractivity contribution in [3.8, 4) is 0 Å². The molecule has 0 amide bonds. The van der Waals surface area contributed by atoms with Crippen LogP contribution in [0, 0.1) is 0 Å². The summed E-state index contributed by atoms with van der Waals surface area (Å²) in [6, 6.07) is 3.64. The van der Waals surface area contributed by atoms with Gasteiger partial charge >= 0.3 is 5.97 Å². The molecule has 0 aliphatic carbocycles. The first-order valence-corrected chi connectivity index (χ1v) is 7.18. The van der Waals surface area contributed by atoms with E-state index in [-0.39, 0.29) is 11.3 Å². The molecule has 0 aromatic carbocycles. The van der Waals surface area contributed by atoms with E-state index in [9.17, 15) is 4.79 Å². The SMILES string of the molecule is CCC1(CC)CC(Nc2ccc(C(=O)O)nc2)CCO1. The van der Waals surface area contributed by atoms with Crippen LogP contribution >= 0.6 is 0 Å². The van der Waals surface area contributed by atoms with Crippen LogP contribution in [0.25, 0.3) is 0 Å². The third-order valence-corrected chi connectivity index (χ3v) is 4.14. The fraction of sp³-hybridized carbons (Fsp3) is 0.600. The quantitative estimate of drug-likeness (QED) is 0.866. The number of carboxylic acid groups (broad SMARTS) is 1. The molecule has 2 rings (SSSR count). The number of hydrogen-bond donors (Lipinski definition) is 2. The topological polar surface area (TPSA) is 71.5 Å². The summed E-state index contributed by atoms with van der Waals surface area (Å²) >= 11 is 0. The van der Waals surface area contributed by atoms with Gasteiger partial charge in [0, 0.05) is 12.6 Å². The second-order valence-corrected chi connectivity index (χ2v) is 5.31. The summed E-state index contributed by atoms with van der Waals surface area (Å²) in [7, 11) is 0. The van der Waals surface area contributed by atoms with E-state index in [1.54, 1.807) is 12.3 Å². The Balaban J connectivity index is 2.00. The summed E-state index contributed by atoms with van der Waals surface area (Å²) in [6.45, 7) is 5.09. The minimum absolute atomic E-state index is 0.0235. The van der Waals surface area contributed by atoms with Gasteiger partial charge in [-0.3, -0.25) is 0 Å². The van der Waals surface area contributed by atoms with E-state index in [1.807, 2.05) is 0 Å². The van der Waals surface area contributed by atoms with Crippen LogP contribution in [0.15, 0.2) is 18.3 Å². The van der Waals surface area contributed by atoms with Gasteiger partial charge in [-0.2, -0.15) is 0 Å². The normalized spacial score (nSPS) is 21.4. The van der Waals surface area contributed by atoms with Gasteiger partial charge < -0.3 is 15.2 Å². The van der Waals surface area contributed by atoms with Crippen LogP contribution in [0.2, 0.25) is 0 Å². The van der Waals surface area contributed by atoms with E-state index < -0.39 is 5.97 Å². The molecule has 110 valence electrons. The largest absolute Gasteiger partial charge is 0.477 e. The van der Waals surface area contributed by atoms with Crippen LogP contribution in [-0.4, -0.2) is 34.3 Å². The van der Waals surface area contributed by atoms with Crippen molar-refractivity contribution < 1.29 is 14.6 Å². The third-order valence-electron chi connectivity index (χ3n) is 4.14. The smallest absolute Gasteiger partial charge is 0.354 e. The number of carbonyl (C=O) groups is 1. The molecule has 1 aliphatic heterocycles. The lowest BCUT2D eigenvalue weighted by molar-refractivity contribution is -0.0864. The van der Waals surface area contributed by atoms with Gasteiger partial charge in [-0.1, -0.05) is 13.8 Å². The lowest BCUT2D eigenvalue weighted by atomic mass is 9.86. The van der Waals surface area contributed by atoms with E-state index in [2.05, 4.69) is 24.1 Å². The summed E-state index contributed by atoms with van der Waals surface area (Å²) in [5.74, 6) is -1.00. The first-order chi connectivity index (χ1) is 9.58. The van der Waals surface area contributed by atoms with Crippen LogP contribution < -0.4 is 5.32 Å². The van der Waals surface area contributed by atoms with E-state index >= 15 is 0 Å². The Hall–Kier alpha value is -1.62. The number of anilines is 1. The second-order valence-electron chi connectivity index (χ2n) is 5.31. The number of rotatable bonds is 5. The molecule has 5 nitrogen and oxygen atoms in total. The standard InChI is InChI=1S/C15H22N2O3/c1-3-15(4-2)9-11(7-8-20-15)17-12-5-6-13(14(18)19)16-10-12/h5-6,10-11,17H,3-4,7-9H2,1-2H3,(H,18,19). The van der Waals surface area contributed by atoms with E-state index in [4.69, 9.17) is 9.84 Å². The Bertz CT molecular complexity index is 455. The van der Waals surface area contributed by atoms with Gasteiger partial charge in [0.2, 0.25) is 0 Å². The Morgan fingerprint density at radius 2 is 2.25 bits per heavy atom. The van der Waals surface area contributed by atoms with Crippen LogP contribution in [0.3, 0.4) is 0 Å². The molecule has 2 N–H and O–H groups in total. The summed E-state index contributed by atoms with van der Waals surface area (Å²) in [5.41, 5.74) is 0.909. The van der Waals surface area contributed by atoms with Crippen molar-refractivity contribution in [2.75, 3.05) is 11.9 Å². The molecule has 5 heteroatoms. The molecule has 1 atom stereocenters. The predicted molar refractivity (Wildman–Crippen MR) is 77.1 cm³/mol. The number of carboxylic acids is 1. The number of aromatic carboxylic acids is 1. The highest BCUT2D eigenvalue weighted by atomic mass is 16.5. The average molecular weight is 278 g/mol. The maximum Gasteiger partial charge on any atom is 0.354 e. The Morgan fingerprint density at radius 1 is 1.50 bits per heavy atom. The summed E-state index contributed by atoms with van der Waals surface area (Å²) in [5, 5.41) is 12.3. The Morgan fingerprint density at radius 3 is 2.80 bits per heavy atom. The summed E-state index contributed by atoms with van der Waals surface area (Å²) in [4.78, 5) is 14.7. The summed E-state index contributed by atoms with van der Waals surface area (Å²) in [6.07, 6.45) is 5.54. The van der Waals surface area contributed by atoms with Crippen molar-refractivity contribution in [1.29, 1.82) is 0 Å². The fourth-order valence-electron chi connectivity index (χ4n) is 2.74. The molecular weight excluding hydrogens is 256 g/mol. The number of ether oxygens (including phenoxy) is 1. The van der Waals surface area contributed by atoms with Gasteiger partial charge in [0.25, 0.3) is 0 Å². The Labute approximate surface area is 119 Å². The molecule has 1 aliphatic rings. The highest BCUT2D eigenvalue weighted by molar-refractivity contribution is 5.85. The number of aromatic nitrogens is 1. The first kappa shape index (κ1) is 14.8. The molecule has 0 saturated carbocycles. The lowest BCUT2D eigenvalue weighted by Gasteiger charge is -2.40. The minimum Gasteiger partial charge on any atom is -0.477 e. The third kappa shape index (κ3) is 3.28. The first-order valence-electron chi connectivity index (χ1n) is 7.18.